The molecular weight excluding hydrogens is 470 g/mol. The number of esters is 1. The summed E-state index contributed by atoms with van der Waals surface area (Å²) in [6, 6.07) is 17.4. The number of aryl methyl sites for hydroxylation is 2. The molecule has 4 aromatic rings. The lowest BCUT2D eigenvalue weighted by Crippen LogP contribution is -2.15. The second kappa shape index (κ2) is 9.63. The van der Waals surface area contributed by atoms with Gasteiger partial charge in [0.25, 0.3) is 10.0 Å². The van der Waals surface area contributed by atoms with Crippen molar-refractivity contribution >= 4 is 32.6 Å². The molecule has 0 spiro atoms. The van der Waals surface area contributed by atoms with Crippen LogP contribution in [0.5, 0.6) is 5.75 Å². The summed E-state index contributed by atoms with van der Waals surface area (Å²) in [6.45, 7) is 3.57. The number of hydrogen-bond acceptors (Lipinski definition) is 7. The van der Waals surface area contributed by atoms with Crippen LogP contribution in [0.4, 0.5) is 5.69 Å². The molecular formula is C26H23NO7S. The number of hydrogen-bond donors (Lipinski definition) is 1. The summed E-state index contributed by atoms with van der Waals surface area (Å²) < 4.78 is 44.4. The highest BCUT2D eigenvalue weighted by molar-refractivity contribution is 7.92. The minimum atomic E-state index is -4.07. The Bertz CT molecular complexity index is 1570. The van der Waals surface area contributed by atoms with E-state index in [2.05, 4.69) is 4.72 Å². The van der Waals surface area contributed by atoms with Crippen molar-refractivity contribution in [3.63, 3.8) is 0 Å². The number of benzene rings is 3. The molecule has 8 nitrogen and oxygen atoms in total. The highest BCUT2D eigenvalue weighted by Gasteiger charge is 2.23. The third kappa shape index (κ3) is 5.36. The average molecular weight is 494 g/mol. The van der Waals surface area contributed by atoms with Gasteiger partial charge in [0.2, 0.25) is 0 Å². The molecule has 0 saturated carbocycles. The van der Waals surface area contributed by atoms with Crippen molar-refractivity contribution in [2.24, 2.45) is 0 Å². The Balaban J connectivity index is 1.60. The Morgan fingerprint density at radius 1 is 0.943 bits per heavy atom. The first-order chi connectivity index (χ1) is 16.7. The van der Waals surface area contributed by atoms with Crippen molar-refractivity contribution < 1.29 is 27.1 Å². The first-order valence-corrected chi connectivity index (χ1v) is 12.1. The lowest BCUT2D eigenvalue weighted by molar-refractivity contribution is 0.0473. The zero-order valence-corrected chi connectivity index (χ0v) is 20.1. The highest BCUT2D eigenvalue weighted by atomic mass is 32.2. The molecule has 0 saturated heterocycles. The van der Waals surface area contributed by atoms with Gasteiger partial charge in [-0.1, -0.05) is 29.8 Å². The fraction of sp³-hybridized carbons (Fsp3) is 0.154. The van der Waals surface area contributed by atoms with E-state index in [0.29, 0.717) is 22.2 Å². The van der Waals surface area contributed by atoms with E-state index >= 15 is 0 Å². The summed E-state index contributed by atoms with van der Waals surface area (Å²) in [5.74, 6) is -0.684. The zero-order chi connectivity index (χ0) is 25.2. The van der Waals surface area contributed by atoms with Crippen LogP contribution in [0.25, 0.3) is 11.0 Å². The van der Waals surface area contributed by atoms with Crippen LogP contribution in [0.15, 0.2) is 80.8 Å². The van der Waals surface area contributed by atoms with E-state index in [0.717, 1.165) is 11.1 Å². The summed E-state index contributed by atoms with van der Waals surface area (Å²) in [6.07, 6.45) is 0. The summed E-state index contributed by atoms with van der Waals surface area (Å²) in [5, 5.41) is 0.642. The van der Waals surface area contributed by atoms with Crippen molar-refractivity contribution in [2.75, 3.05) is 11.8 Å². The quantitative estimate of drug-likeness (QED) is 0.296. The normalized spacial score (nSPS) is 11.3. The molecule has 1 aromatic heterocycles. The van der Waals surface area contributed by atoms with Crippen LogP contribution >= 0.6 is 0 Å². The zero-order valence-electron chi connectivity index (χ0n) is 19.3. The first-order valence-electron chi connectivity index (χ1n) is 10.6. The lowest BCUT2D eigenvalue weighted by Gasteiger charge is -2.13. The molecule has 0 fully saturated rings. The van der Waals surface area contributed by atoms with Gasteiger partial charge in [-0.15, -0.1) is 0 Å². The van der Waals surface area contributed by atoms with Crippen molar-refractivity contribution in [1.29, 1.82) is 0 Å². The number of nitrogens with one attached hydrogen (secondary N) is 1. The molecule has 0 atom stereocenters. The minimum absolute atomic E-state index is 0.0122. The van der Waals surface area contributed by atoms with E-state index in [1.165, 1.54) is 31.4 Å². The van der Waals surface area contributed by atoms with Crippen LogP contribution in [0.3, 0.4) is 0 Å². The number of sulfonamides is 1. The molecule has 35 heavy (non-hydrogen) atoms. The maximum Gasteiger partial charge on any atom is 0.338 e. The molecule has 0 amide bonds. The van der Waals surface area contributed by atoms with Crippen molar-refractivity contribution in [3.05, 3.63) is 99.4 Å². The van der Waals surface area contributed by atoms with Gasteiger partial charge in [0.15, 0.2) is 0 Å². The Labute approximate surface area is 202 Å². The molecule has 4 rings (SSSR count). The second-order valence-electron chi connectivity index (χ2n) is 8.00. The van der Waals surface area contributed by atoms with Gasteiger partial charge in [-0.25, -0.2) is 18.0 Å². The predicted molar refractivity (Wildman–Crippen MR) is 131 cm³/mol. The van der Waals surface area contributed by atoms with Gasteiger partial charge in [0.05, 0.1) is 12.7 Å². The Hall–Kier alpha value is -4.11. The minimum Gasteiger partial charge on any atom is -0.495 e. The molecule has 0 unspecified atom stereocenters. The van der Waals surface area contributed by atoms with E-state index in [1.807, 2.05) is 19.9 Å². The number of anilines is 1. The highest BCUT2D eigenvalue weighted by Crippen LogP contribution is 2.28. The molecule has 0 radical (unpaired) electrons. The maximum absolute atomic E-state index is 13.0. The van der Waals surface area contributed by atoms with Gasteiger partial charge < -0.3 is 13.9 Å². The standard InChI is InChI=1S/C26H23NO7S/c1-16-4-8-20(9-5-16)27-35(30,31)24-13-18(7-11-22(24)32-3)26(29)33-15-19-14-25(28)34-23-12-17(2)6-10-21(19)23/h4-14,27H,15H2,1-3H3. The molecule has 0 aliphatic carbocycles. The molecule has 1 N–H and O–H groups in total. The number of fused-ring (bicyclic) bond motifs is 1. The number of rotatable bonds is 7. The van der Waals surface area contributed by atoms with Crippen LogP contribution in [0.1, 0.15) is 27.0 Å². The van der Waals surface area contributed by atoms with Gasteiger partial charge in [0, 0.05) is 22.7 Å². The molecule has 0 bridgehead atoms. The second-order valence-corrected chi connectivity index (χ2v) is 9.65. The van der Waals surface area contributed by atoms with E-state index in [4.69, 9.17) is 13.9 Å². The first kappa shape index (κ1) is 24.0. The van der Waals surface area contributed by atoms with Crippen molar-refractivity contribution in [3.8, 4) is 5.75 Å². The van der Waals surface area contributed by atoms with Crippen LogP contribution in [0, 0.1) is 13.8 Å². The number of methoxy groups -OCH3 is 1. The predicted octanol–water partition coefficient (Wildman–Crippen LogP) is 4.58. The van der Waals surface area contributed by atoms with E-state index < -0.39 is 21.6 Å². The summed E-state index contributed by atoms with van der Waals surface area (Å²) in [7, 11) is -2.73. The fourth-order valence-electron chi connectivity index (χ4n) is 3.53. The van der Waals surface area contributed by atoms with Crippen LogP contribution in [-0.4, -0.2) is 21.5 Å². The SMILES string of the molecule is COc1ccc(C(=O)OCc2cc(=O)oc3cc(C)ccc23)cc1S(=O)(=O)Nc1ccc(C)cc1. The van der Waals surface area contributed by atoms with Gasteiger partial charge >= 0.3 is 11.6 Å². The Kier molecular flexibility index (Phi) is 6.61. The Morgan fingerprint density at radius 3 is 2.37 bits per heavy atom. The smallest absolute Gasteiger partial charge is 0.338 e. The number of carbonyl (C=O) groups excluding carboxylic acids is 1. The van der Waals surface area contributed by atoms with Gasteiger partial charge in [-0.2, -0.15) is 0 Å². The van der Waals surface area contributed by atoms with Crippen molar-refractivity contribution in [2.45, 2.75) is 25.3 Å². The molecule has 1 heterocycles. The molecule has 0 aliphatic heterocycles. The molecule has 180 valence electrons. The average Bonchev–Trinajstić information content (AvgIpc) is 2.82. The molecule has 0 aliphatic rings. The van der Waals surface area contributed by atoms with E-state index in [1.54, 1.807) is 36.4 Å². The van der Waals surface area contributed by atoms with Crippen LogP contribution in [0.2, 0.25) is 0 Å². The van der Waals surface area contributed by atoms with Gasteiger partial charge in [0.1, 0.15) is 22.8 Å². The monoisotopic (exact) mass is 493 g/mol. The van der Waals surface area contributed by atoms with Gasteiger partial charge in [-0.05, 0) is 55.8 Å². The summed E-state index contributed by atoms with van der Waals surface area (Å²) in [4.78, 5) is 24.5. The summed E-state index contributed by atoms with van der Waals surface area (Å²) >= 11 is 0. The van der Waals surface area contributed by atoms with Crippen LogP contribution in [-0.2, 0) is 21.4 Å². The van der Waals surface area contributed by atoms with E-state index in [-0.39, 0.29) is 22.8 Å². The summed E-state index contributed by atoms with van der Waals surface area (Å²) in [5.41, 5.74) is 2.59. The van der Waals surface area contributed by atoms with Crippen molar-refractivity contribution in [1.82, 2.24) is 0 Å². The maximum atomic E-state index is 13.0. The largest absolute Gasteiger partial charge is 0.495 e. The molecule has 9 heteroatoms. The van der Waals surface area contributed by atoms with E-state index in [9.17, 15) is 18.0 Å². The van der Waals surface area contributed by atoms with Crippen LogP contribution < -0.4 is 15.1 Å². The number of carbonyl (C=O) groups is 1. The third-order valence-electron chi connectivity index (χ3n) is 5.34. The van der Waals surface area contributed by atoms with Gasteiger partial charge in [-0.3, -0.25) is 4.72 Å². The topological polar surface area (TPSA) is 112 Å². The fourth-order valence-corrected chi connectivity index (χ4v) is 4.78. The lowest BCUT2D eigenvalue weighted by atomic mass is 10.1. The third-order valence-corrected chi connectivity index (χ3v) is 6.74. The number of ether oxygens (including phenoxy) is 2. The Morgan fingerprint density at radius 2 is 1.66 bits per heavy atom. The molecule has 3 aromatic carbocycles.